The molecule has 0 radical (unpaired) electrons. The zero-order chi connectivity index (χ0) is 15.9. The van der Waals surface area contributed by atoms with Crippen molar-refractivity contribution in [3.63, 3.8) is 0 Å². The molecule has 0 amide bonds. The summed E-state index contributed by atoms with van der Waals surface area (Å²) in [6.07, 6.45) is 1.56. The highest BCUT2D eigenvalue weighted by atomic mass is 32.2. The summed E-state index contributed by atoms with van der Waals surface area (Å²) in [6.45, 7) is 9.05. The van der Waals surface area contributed by atoms with Crippen LogP contribution in [0.3, 0.4) is 0 Å². The molecule has 1 aromatic carbocycles. The lowest BCUT2D eigenvalue weighted by Gasteiger charge is -2.19. The van der Waals surface area contributed by atoms with E-state index in [1.807, 2.05) is 0 Å². The Hall–Kier alpha value is -0.870. The summed E-state index contributed by atoms with van der Waals surface area (Å²) >= 11 is 0. The molecule has 0 heterocycles. The molecule has 0 aromatic heterocycles. The van der Waals surface area contributed by atoms with Crippen LogP contribution in [0.4, 0.5) is 0 Å². The van der Waals surface area contributed by atoms with Crippen LogP contribution in [0.2, 0.25) is 0 Å². The molecule has 3 nitrogen and oxygen atoms in total. The second kappa shape index (κ2) is 8.54. The molecule has 0 fully saturated rings. The third-order valence-electron chi connectivity index (χ3n) is 3.84. The topological polar surface area (TPSA) is 46.2 Å². The lowest BCUT2D eigenvalue weighted by atomic mass is 9.97. The van der Waals surface area contributed by atoms with Crippen molar-refractivity contribution >= 4 is 9.84 Å². The minimum absolute atomic E-state index is 0.238. The van der Waals surface area contributed by atoms with Gasteiger partial charge in [0, 0.05) is 11.8 Å². The lowest BCUT2D eigenvalue weighted by molar-refractivity contribution is 0.506. The zero-order valence-electron chi connectivity index (χ0n) is 13.7. The molecule has 1 atom stereocenters. The molecular formula is C17H29NO2S. The van der Waals surface area contributed by atoms with Crippen LogP contribution < -0.4 is 5.32 Å². The molecule has 0 aliphatic carbocycles. The first-order valence-electron chi connectivity index (χ1n) is 7.93. The number of rotatable bonds is 9. The Morgan fingerprint density at radius 3 is 2.10 bits per heavy atom. The van der Waals surface area contributed by atoms with Crippen LogP contribution in [0.25, 0.3) is 0 Å². The fourth-order valence-electron chi connectivity index (χ4n) is 2.40. The van der Waals surface area contributed by atoms with Crippen molar-refractivity contribution in [2.75, 3.05) is 18.1 Å². The molecule has 0 aliphatic rings. The predicted octanol–water partition coefficient (Wildman–Crippen LogP) is 3.68. The number of benzene rings is 1. The molecule has 0 saturated carbocycles. The third kappa shape index (κ3) is 6.18. The molecule has 120 valence electrons. The maximum atomic E-state index is 11.6. The summed E-state index contributed by atoms with van der Waals surface area (Å²) in [5, 5.41) is 3.46. The summed E-state index contributed by atoms with van der Waals surface area (Å²) in [7, 11) is -2.86. The predicted molar refractivity (Wildman–Crippen MR) is 90.5 cm³/mol. The number of nitrogens with one attached hydrogen (secondary N) is 1. The van der Waals surface area contributed by atoms with Crippen molar-refractivity contribution in [3.05, 3.63) is 35.4 Å². The average Bonchev–Trinajstić information content (AvgIpc) is 2.46. The van der Waals surface area contributed by atoms with Crippen molar-refractivity contribution in [2.45, 2.75) is 52.5 Å². The SMILES string of the molecule is CCNC(CCCS(=O)(=O)CC)c1ccc(C(C)C)cc1. The molecule has 0 spiro atoms. The van der Waals surface area contributed by atoms with Crippen LogP contribution in [0.1, 0.15) is 63.6 Å². The van der Waals surface area contributed by atoms with E-state index in [-0.39, 0.29) is 17.5 Å². The number of sulfone groups is 1. The largest absolute Gasteiger partial charge is 0.310 e. The molecule has 1 aromatic rings. The van der Waals surface area contributed by atoms with Gasteiger partial charge < -0.3 is 5.32 Å². The Balaban J connectivity index is 2.68. The fourth-order valence-corrected chi connectivity index (χ4v) is 3.29. The maximum Gasteiger partial charge on any atom is 0.150 e. The minimum Gasteiger partial charge on any atom is -0.310 e. The van der Waals surface area contributed by atoms with Gasteiger partial charge in [-0.1, -0.05) is 52.0 Å². The number of hydrogen-bond donors (Lipinski definition) is 1. The van der Waals surface area contributed by atoms with Crippen molar-refractivity contribution in [1.82, 2.24) is 5.32 Å². The Bertz CT molecular complexity index is 506. The van der Waals surface area contributed by atoms with Gasteiger partial charge in [0.15, 0.2) is 0 Å². The second-order valence-corrected chi connectivity index (χ2v) is 8.28. The Labute approximate surface area is 130 Å². The van der Waals surface area contributed by atoms with E-state index in [1.165, 1.54) is 11.1 Å². The Morgan fingerprint density at radius 2 is 1.62 bits per heavy atom. The van der Waals surface area contributed by atoms with Gasteiger partial charge in [0.1, 0.15) is 9.84 Å². The maximum absolute atomic E-state index is 11.6. The van der Waals surface area contributed by atoms with Gasteiger partial charge in [-0.3, -0.25) is 0 Å². The van der Waals surface area contributed by atoms with E-state index in [9.17, 15) is 8.42 Å². The summed E-state index contributed by atoms with van der Waals surface area (Å²) in [4.78, 5) is 0. The van der Waals surface area contributed by atoms with Crippen LogP contribution in [0.5, 0.6) is 0 Å². The van der Waals surface area contributed by atoms with E-state index < -0.39 is 9.84 Å². The van der Waals surface area contributed by atoms with Crippen molar-refractivity contribution < 1.29 is 8.42 Å². The summed E-state index contributed by atoms with van der Waals surface area (Å²) < 4.78 is 23.1. The van der Waals surface area contributed by atoms with Gasteiger partial charge in [-0.15, -0.1) is 0 Å². The lowest BCUT2D eigenvalue weighted by Crippen LogP contribution is -2.22. The monoisotopic (exact) mass is 311 g/mol. The number of hydrogen-bond acceptors (Lipinski definition) is 3. The molecule has 0 bridgehead atoms. The van der Waals surface area contributed by atoms with Crippen LogP contribution in [0.15, 0.2) is 24.3 Å². The quantitative estimate of drug-likeness (QED) is 0.757. The van der Waals surface area contributed by atoms with E-state index in [2.05, 4.69) is 50.4 Å². The minimum atomic E-state index is -2.86. The first-order valence-corrected chi connectivity index (χ1v) is 9.75. The van der Waals surface area contributed by atoms with Gasteiger partial charge in [-0.25, -0.2) is 8.42 Å². The highest BCUT2D eigenvalue weighted by Crippen LogP contribution is 2.22. The first-order chi connectivity index (χ1) is 9.89. The van der Waals surface area contributed by atoms with Gasteiger partial charge in [-0.05, 0) is 36.4 Å². The summed E-state index contributed by atoms with van der Waals surface area (Å²) in [6, 6.07) is 8.91. The highest BCUT2D eigenvalue weighted by molar-refractivity contribution is 7.91. The van der Waals surface area contributed by atoms with Gasteiger partial charge >= 0.3 is 0 Å². The molecule has 1 rings (SSSR count). The smallest absolute Gasteiger partial charge is 0.150 e. The van der Waals surface area contributed by atoms with E-state index in [0.29, 0.717) is 12.3 Å². The molecule has 1 N–H and O–H groups in total. The van der Waals surface area contributed by atoms with E-state index in [0.717, 1.165) is 13.0 Å². The van der Waals surface area contributed by atoms with E-state index >= 15 is 0 Å². The molecular weight excluding hydrogens is 282 g/mol. The molecule has 21 heavy (non-hydrogen) atoms. The molecule has 4 heteroatoms. The fraction of sp³-hybridized carbons (Fsp3) is 0.647. The van der Waals surface area contributed by atoms with Crippen molar-refractivity contribution in [3.8, 4) is 0 Å². The second-order valence-electron chi connectivity index (χ2n) is 5.81. The summed E-state index contributed by atoms with van der Waals surface area (Å²) in [5.41, 5.74) is 2.58. The normalized spacial score (nSPS) is 13.6. The van der Waals surface area contributed by atoms with Crippen molar-refractivity contribution in [1.29, 1.82) is 0 Å². The molecule has 0 aliphatic heterocycles. The standard InChI is InChI=1S/C17H29NO2S/c1-5-18-17(8-7-13-21(19,20)6-2)16-11-9-15(10-12-16)14(3)4/h9-12,14,17-18H,5-8,13H2,1-4H3. The van der Waals surface area contributed by atoms with E-state index in [4.69, 9.17) is 0 Å². The van der Waals surface area contributed by atoms with Crippen LogP contribution in [-0.4, -0.2) is 26.5 Å². The van der Waals surface area contributed by atoms with Crippen LogP contribution >= 0.6 is 0 Å². The average molecular weight is 311 g/mol. The van der Waals surface area contributed by atoms with Crippen molar-refractivity contribution in [2.24, 2.45) is 0 Å². The zero-order valence-corrected chi connectivity index (χ0v) is 14.5. The molecule has 0 saturated heterocycles. The summed E-state index contributed by atoms with van der Waals surface area (Å²) in [5.74, 6) is 1.06. The Morgan fingerprint density at radius 1 is 1.05 bits per heavy atom. The van der Waals surface area contributed by atoms with Gasteiger partial charge in [0.05, 0.1) is 5.75 Å². The third-order valence-corrected chi connectivity index (χ3v) is 5.63. The van der Waals surface area contributed by atoms with Gasteiger partial charge in [0.25, 0.3) is 0 Å². The highest BCUT2D eigenvalue weighted by Gasteiger charge is 2.13. The first kappa shape index (κ1) is 18.2. The van der Waals surface area contributed by atoms with Crippen LogP contribution in [0, 0.1) is 0 Å². The van der Waals surface area contributed by atoms with Gasteiger partial charge in [-0.2, -0.15) is 0 Å². The van der Waals surface area contributed by atoms with Crippen LogP contribution in [-0.2, 0) is 9.84 Å². The van der Waals surface area contributed by atoms with E-state index in [1.54, 1.807) is 6.92 Å². The Kier molecular flexibility index (Phi) is 7.40. The molecule has 1 unspecified atom stereocenters. The van der Waals surface area contributed by atoms with Gasteiger partial charge in [0.2, 0.25) is 0 Å².